The molecule has 48 valence electrons. The van der Waals surface area contributed by atoms with Crippen LogP contribution < -0.4 is 0 Å². The number of hydrogen-bond donors (Lipinski definition) is 3. The highest BCUT2D eigenvalue weighted by atomic mass is 32.1. The SMILES string of the molecule is CC[C@@](O)(S)C(=O)O. The van der Waals surface area contributed by atoms with Gasteiger partial charge in [-0.2, -0.15) is 0 Å². The first-order valence-electron chi connectivity index (χ1n) is 2.19. The van der Waals surface area contributed by atoms with E-state index in [0.717, 1.165) is 0 Å². The van der Waals surface area contributed by atoms with Crippen LogP contribution in [0.2, 0.25) is 0 Å². The van der Waals surface area contributed by atoms with E-state index in [1.165, 1.54) is 0 Å². The van der Waals surface area contributed by atoms with Crippen LogP contribution in [0.5, 0.6) is 0 Å². The molecule has 0 fully saturated rings. The molecule has 3 nitrogen and oxygen atoms in total. The zero-order valence-electron chi connectivity index (χ0n) is 4.46. The minimum Gasteiger partial charge on any atom is -0.478 e. The van der Waals surface area contributed by atoms with Gasteiger partial charge in [0.1, 0.15) is 0 Å². The summed E-state index contributed by atoms with van der Waals surface area (Å²) in [5.41, 5.74) is 0. The Kier molecular flexibility index (Phi) is 2.30. The Labute approximate surface area is 52.7 Å². The number of hydrogen-bond acceptors (Lipinski definition) is 3. The third-order valence-electron chi connectivity index (χ3n) is 0.836. The molecule has 0 rings (SSSR count). The average Bonchev–Trinajstić information content (AvgIpc) is 1.67. The van der Waals surface area contributed by atoms with Gasteiger partial charge in [-0.15, -0.1) is 12.6 Å². The van der Waals surface area contributed by atoms with Gasteiger partial charge >= 0.3 is 5.97 Å². The van der Waals surface area contributed by atoms with E-state index in [4.69, 9.17) is 10.2 Å². The molecule has 0 spiro atoms. The summed E-state index contributed by atoms with van der Waals surface area (Å²) in [5, 5.41) is 16.8. The Morgan fingerprint density at radius 3 is 2.25 bits per heavy atom. The molecule has 0 saturated carbocycles. The maximum atomic E-state index is 9.93. The van der Waals surface area contributed by atoms with Crippen molar-refractivity contribution in [2.45, 2.75) is 18.3 Å². The molecule has 2 N–H and O–H groups in total. The number of aliphatic hydroxyl groups is 1. The van der Waals surface area contributed by atoms with E-state index in [0.29, 0.717) is 0 Å². The van der Waals surface area contributed by atoms with Crippen molar-refractivity contribution in [2.24, 2.45) is 0 Å². The summed E-state index contributed by atoms with van der Waals surface area (Å²) < 4.78 is 0. The van der Waals surface area contributed by atoms with Crippen molar-refractivity contribution in [1.29, 1.82) is 0 Å². The van der Waals surface area contributed by atoms with Gasteiger partial charge in [-0.25, -0.2) is 4.79 Å². The molecule has 0 aliphatic carbocycles. The molecule has 0 aliphatic heterocycles. The van der Waals surface area contributed by atoms with Gasteiger partial charge in [0.25, 0.3) is 0 Å². The van der Waals surface area contributed by atoms with Crippen LogP contribution in [0, 0.1) is 0 Å². The van der Waals surface area contributed by atoms with Crippen molar-refractivity contribution in [3.63, 3.8) is 0 Å². The van der Waals surface area contributed by atoms with Gasteiger partial charge in [0.2, 0.25) is 4.93 Å². The Hall–Kier alpha value is -0.220. The maximum absolute atomic E-state index is 9.93. The number of carboxylic acids is 1. The second kappa shape index (κ2) is 2.37. The highest BCUT2D eigenvalue weighted by Crippen LogP contribution is 2.13. The molecular weight excluding hydrogens is 128 g/mol. The van der Waals surface area contributed by atoms with Gasteiger partial charge in [0.15, 0.2) is 0 Å². The minimum absolute atomic E-state index is 0.103. The average molecular weight is 136 g/mol. The molecule has 0 radical (unpaired) electrons. The fourth-order valence-corrected chi connectivity index (χ4v) is 0.151. The summed E-state index contributed by atoms with van der Waals surface area (Å²) in [7, 11) is 0. The minimum atomic E-state index is -1.85. The van der Waals surface area contributed by atoms with E-state index in [-0.39, 0.29) is 6.42 Å². The Balaban J connectivity index is 3.91. The molecule has 0 aromatic carbocycles. The summed E-state index contributed by atoms with van der Waals surface area (Å²) in [6.07, 6.45) is 0.103. The highest BCUT2D eigenvalue weighted by molar-refractivity contribution is 7.82. The van der Waals surface area contributed by atoms with E-state index in [1.807, 2.05) is 0 Å². The first-order valence-corrected chi connectivity index (χ1v) is 2.63. The molecular formula is C4H8O3S. The summed E-state index contributed by atoms with van der Waals surface area (Å²) in [4.78, 5) is 8.08. The molecule has 0 aromatic rings. The number of carbonyl (C=O) groups is 1. The Morgan fingerprint density at radius 1 is 1.88 bits per heavy atom. The topological polar surface area (TPSA) is 57.5 Å². The lowest BCUT2D eigenvalue weighted by Gasteiger charge is -2.12. The molecule has 0 aliphatic rings. The molecule has 0 heterocycles. The zero-order chi connectivity index (χ0) is 6.78. The lowest BCUT2D eigenvalue weighted by molar-refractivity contribution is -0.149. The first kappa shape index (κ1) is 7.78. The van der Waals surface area contributed by atoms with Crippen LogP contribution in [0.1, 0.15) is 13.3 Å². The van der Waals surface area contributed by atoms with Gasteiger partial charge in [-0.1, -0.05) is 6.92 Å². The van der Waals surface area contributed by atoms with E-state index < -0.39 is 10.9 Å². The van der Waals surface area contributed by atoms with Crippen LogP contribution in [0.3, 0.4) is 0 Å². The van der Waals surface area contributed by atoms with Gasteiger partial charge in [0.05, 0.1) is 0 Å². The monoisotopic (exact) mass is 136 g/mol. The van der Waals surface area contributed by atoms with Crippen molar-refractivity contribution in [3.8, 4) is 0 Å². The fraction of sp³-hybridized carbons (Fsp3) is 0.750. The van der Waals surface area contributed by atoms with Crippen LogP contribution in [0.15, 0.2) is 0 Å². The summed E-state index contributed by atoms with van der Waals surface area (Å²) in [6, 6.07) is 0. The molecule has 4 heteroatoms. The highest BCUT2D eigenvalue weighted by Gasteiger charge is 2.28. The number of carboxylic acid groups (broad SMARTS) is 1. The normalized spacial score (nSPS) is 17.4. The summed E-state index contributed by atoms with van der Waals surface area (Å²) >= 11 is 3.44. The molecule has 0 unspecified atom stereocenters. The van der Waals surface area contributed by atoms with Crippen molar-refractivity contribution in [3.05, 3.63) is 0 Å². The summed E-state index contributed by atoms with van der Waals surface area (Å²) in [5.74, 6) is -1.30. The van der Waals surface area contributed by atoms with Crippen LogP contribution >= 0.6 is 12.6 Å². The van der Waals surface area contributed by atoms with Crippen molar-refractivity contribution < 1.29 is 15.0 Å². The van der Waals surface area contributed by atoms with Crippen LogP contribution in [-0.4, -0.2) is 21.1 Å². The van der Waals surface area contributed by atoms with E-state index >= 15 is 0 Å². The number of rotatable bonds is 2. The van der Waals surface area contributed by atoms with Gasteiger partial charge < -0.3 is 10.2 Å². The van der Waals surface area contributed by atoms with E-state index in [2.05, 4.69) is 12.6 Å². The largest absolute Gasteiger partial charge is 0.478 e. The van der Waals surface area contributed by atoms with Crippen molar-refractivity contribution in [2.75, 3.05) is 0 Å². The smallest absolute Gasteiger partial charge is 0.346 e. The van der Waals surface area contributed by atoms with E-state index in [1.54, 1.807) is 6.92 Å². The van der Waals surface area contributed by atoms with Gasteiger partial charge in [-0.05, 0) is 6.42 Å². The van der Waals surface area contributed by atoms with Crippen LogP contribution in [-0.2, 0) is 4.79 Å². The molecule has 0 amide bonds. The number of aliphatic carboxylic acids is 1. The quantitative estimate of drug-likeness (QED) is 0.373. The molecule has 0 bridgehead atoms. The van der Waals surface area contributed by atoms with Crippen LogP contribution in [0.25, 0.3) is 0 Å². The van der Waals surface area contributed by atoms with Gasteiger partial charge in [0, 0.05) is 0 Å². The zero-order valence-corrected chi connectivity index (χ0v) is 5.35. The molecule has 0 aromatic heterocycles. The predicted octanol–water partition coefficient (Wildman–Crippen LogP) is 0.0994. The van der Waals surface area contributed by atoms with Crippen LogP contribution in [0.4, 0.5) is 0 Å². The summed E-state index contributed by atoms with van der Waals surface area (Å²) in [6.45, 7) is 1.54. The first-order chi connectivity index (χ1) is 3.50. The molecule has 8 heavy (non-hydrogen) atoms. The van der Waals surface area contributed by atoms with Gasteiger partial charge in [-0.3, -0.25) is 0 Å². The van der Waals surface area contributed by atoms with Crippen molar-refractivity contribution >= 4 is 18.6 Å². The third-order valence-corrected chi connectivity index (χ3v) is 1.34. The number of thiol groups is 1. The molecule has 1 atom stereocenters. The lowest BCUT2D eigenvalue weighted by Crippen LogP contribution is -2.30. The lowest BCUT2D eigenvalue weighted by atomic mass is 10.3. The Morgan fingerprint density at radius 2 is 2.25 bits per heavy atom. The second-order valence-corrected chi connectivity index (χ2v) is 2.22. The van der Waals surface area contributed by atoms with E-state index in [9.17, 15) is 4.79 Å². The standard InChI is InChI=1S/C4H8O3S/c1-2-4(7,8)3(5)6/h7-8H,2H2,1H3,(H,5,6)/t4-/m1/s1. The third kappa shape index (κ3) is 1.71. The second-order valence-electron chi connectivity index (χ2n) is 1.48. The predicted molar refractivity (Wildman–Crippen MR) is 31.9 cm³/mol. The molecule has 0 saturated heterocycles. The fourth-order valence-electron chi connectivity index (χ4n) is 0.151. The Bertz CT molecular complexity index is 99.5. The maximum Gasteiger partial charge on any atom is 0.346 e. The van der Waals surface area contributed by atoms with Crippen molar-refractivity contribution in [1.82, 2.24) is 0 Å².